The van der Waals surface area contributed by atoms with Gasteiger partial charge in [-0.25, -0.2) is 0 Å². The van der Waals surface area contributed by atoms with E-state index in [0.29, 0.717) is 30.6 Å². The van der Waals surface area contributed by atoms with Crippen molar-refractivity contribution < 1.29 is 9.72 Å². The van der Waals surface area contributed by atoms with Crippen LogP contribution in [0.3, 0.4) is 0 Å². The number of amides is 1. The fourth-order valence-corrected chi connectivity index (χ4v) is 3.45. The van der Waals surface area contributed by atoms with E-state index in [-0.39, 0.29) is 16.6 Å². The third-order valence-electron chi connectivity index (χ3n) is 4.28. The Hall–Kier alpha value is -1.66. The lowest BCUT2D eigenvalue weighted by Gasteiger charge is -2.34. The van der Waals surface area contributed by atoms with Crippen molar-refractivity contribution in [2.24, 2.45) is 5.92 Å². The molecular formula is C14H16ClN3O3. The molecule has 2 unspecified atom stereocenters. The van der Waals surface area contributed by atoms with Crippen molar-refractivity contribution in [3.63, 3.8) is 0 Å². The number of carbonyl (C=O) groups excluding carboxylic acids is 1. The van der Waals surface area contributed by atoms with Crippen molar-refractivity contribution in [1.29, 1.82) is 0 Å². The first-order valence-corrected chi connectivity index (χ1v) is 7.40. The maximum Gasteiger partial charge on any atom is 0.271 e. The molecule has 0 bridgehead atoms. The van der Waals surface area contributed by atoms with Gasteiger partial charge in [0.2, 0.25) is 0 Å². The summed E-state index contributed by atoms with van der Waals surface area (Å²) in [6.07, 6.45) is 2.00. The first kappa shape index (κ1) is 14.3. The first-order valence-electron chi connectivity index (χ1n) is 7.02. The number of likely N-dealkylation sites (tertiary alicyclic amines) is 1. The van der Waals surface area contributed by atoms with E-state index in [0.717, 1.165) is 19.4 Å². The van der Waals surface area contributed by atoms with E-state index in [1.165, 1.54) is 18.2 Å². The number of nitro groups is 1. The van der Waals surface area contributed by atoms with E-state index in [1.807, 2.05) is 0 Å². The topological polar surface area (TPSA) is 75.5 Å². The lowest BCUT2D eigenvalue weighted by atomic mass is 9.93. The minimum Gasteiger partial charge on any atom is -0.338 e. The summed E-state index contributed by atoms with van der Waals surface area (Å²) in [5.41, 5.74) is 0.141. The second-order valence-corrected chi connectivity index (χ2v) is 6.04. The molecule has 7 heteroatoms. The predicted octanol–water partition coefficient (Wildman–Crippen LogP) is 2.07. The SMILES string of the molecule is O=C(c1cc(Cl)cc([N+](=O)[O-])c1)N1CCC2NCCC2C1. The average Bonchev–Trinajstić information content (AvgIpc) is 2.93. The van der Waals surface area contributed by atoms with Crippen LogP contribution in [-0.4, -0.2) is 41.4 Å². The zero-order valence-corrected chi connectivity index (χ0v) is 12.2. The lowest BCUT2D eigenvalue weighted by molar-refractivity contribution is -0.384. The number of hydrogen-bond acceptors (Lipinski definition) is 4. The number of nitro benzene ring substituents is 1. The number of rotatable bonds is 2. The van der Waals surface area contributed by atoms with Crippen LogP contribution in [0.1, 0.15) is 23.2 Å². The number of benzene rings is 1. The van der Waals surface area contributed by atoms with Crippen LogP contribution in [0.5, 0.6) is 0 Å². The van der Waals surface area contributed by atoms with Crippen molar-refractivity contribution in [1.82, 2.24) is 10.2 Å². The summed E-state index contributed by atoms with van der Waals surface area (Å²) in [5.74, 6) is 0.308. The number of hydrogen-bond donors (Lipinski definition) is 1. The van der Waals surface area contributed by atoms with Gasteiger partial charge in [-0.2, -0.15) is 0 Å². The fourth-order valence-electron chi connectivity index (χ4n) is 3.22. The van der Waals surface area contributed by atoms with Gasteiger partial charge in [0.25, 0.3) is 11.6 Å². The third kappa shape index (κ3) is 2.87. The number of nitrogens with zero attached hydrogens (tertiary/aromatic N) is 2. The molecule has 2 fully saturated rings. The molecule has 1 aromatic rings. The molecule has 112 valence electrons. The lowest BCUT2D eigenvalue weighted by Crippen LogP contribution is -2.46. The van der Waals surface area contributed by atoms with Gasteiger partial charge in [0, 0.05) is 41.9 Å². The number of piperidine rings is 1. The summed E-state index contributed by atoms with van der Waals surface area (Å²) in [6.45, 7) is 2.38. The third-order valence-corrected chi connectivity index (χ3v) is 4.50. The molecule has 1 amide bonds. The molecule has 0 aromatic heterocycles. The van der Waals surface area contributed by atoms with Gasteiger partial charge in [0.1, 0.15) is 0 Å². The van der Waals surface area contributed by atoms with E-state index >= 15 is 0 Å². The van der Waals surface area contributed by atoms with Crippen LogP contribution in [0, 0.1) is 16.0 Å². The Labute approximate surface area is 127 Å². The monoisotopic (exact) mass is 309 g/mol. The number of non-ortho nitro benzene ring substituents is 1. The highest BCUT2D eigenvalue weighted by atomic mass is 35.5. The Morgan fingerprint density at radius 1 is 1.38 bits per heavy atom. The molecule has 2 heterocycles. The molecule has 1 aromatic carbocycles. The van der Waals surface area contributed by atoms with Gasteiger partial charge in [0.05, 0.1) is 4.92 Å². The molecule has 0 saturated carbocycles. The van der Waals surface area contributed by atoms with Crippen molar-refractivity contribution >= 4 is 23.2 Å². The van der Waals surface area contributed by atoms with Crippen LogP contribution < -0.4 is 5.32 Å². The molecular weight excluding hydrogens is 294 g/mol. The minimum atomic E-state index is -0.532. The van der Waals surface area contributed by atoms with E-state index in [9.17, 15) is 14.9 Å². The van der Waals surface area contributed by atoms with Crippen LogP contribution in [0.2, 0.25) is 5.02 Å². The molecule has 0 aliphatic carbocycles. The van der Waals surface area contributed by atoms with Gasteiger partial charge in [-0.1, -0.05) is 11.6 Å². The molecule has 21 heavy (non-hydrogen) atoms. The van der Waals surface area contributed by atoms with Crippen molar-refractivity contribution in [2.75, 3.05) is 19.6 Å². The Balaban J connectivity index is 1.80. The highest BCUT2D eigenvalue weighted by molar-refractivity contribution is 6.31. The van der Waals surface area contributed by atoms with E-state index in [4.69, 9.17) is 11.6 Å². The van der Waals surface area contributed by atoms with Gasteiger partial charge in [-0.05, 0) is 31.4 Å². The molecule has 1 N–H and O–H groups in total. The van der Waals surface area contributed by atoms with Gasteiger partial charge in [0.15, 0.2) is 0 Å². The number of carbonyl (C=O) groups is 1. The standard InChI is InChI=1S/C14H16ClN3O3/c15-11-5-10(6-12(7-11)18(20)21)14(19)17-4-2-13-9(8-17)1-3-16-13/h5-7,9,13,16H,1-4,8H2. The summed E-state index contributed by atoms with van der Waals surface area (Å²) in [6, 6.07) is 4.55. The van der Waals surface area contributed by atoms with Crippen LogP contribution >= 0.6 is 11.6 Å². The van der Waals surface area contributed by atoms with Crippen molar-refractivity contribution in [2.45, 2.75) is 18.9 Å². The number of fused-ring (bicyclic) bond motifs is 1. The maximum absolute atomic E-state index is 12.5. The molecule has 2 atom stereocenters. The minimum absolute atomic E-state index is 0.150. The van der Waals surface area contributed by atoms with Crippen LogP contribution in [0.15, 0.2) is 18.2 Å². The summed E-state index contributed by atoms with van der Waals surface area (Å²) >= 11 is 5.88. The Morgan fingerprint density at radius 2 is 2.19 bits per heavy atom. The number of nitrogens with one attached hydrogen (secondary N) is 1. The maximum atomic E-state index is 12.5. The summed E-state index contributed by atoms with van der Waals surface area (Å²) in [7, 11) is 0. The van der Waals surface area contributed by atoms with Crippen LogP contribution in [0.4, 0.5) is 5.69 Å². The van der Waals surface area contributed by atoms with E-state index in [1.54, 1.807) is 4.90 Å². The predicted molar refractivity (Wildman–Crippen MR) is 78.5 cm³/mol. The normalized spacial score (nSPS) is 24.7. The van der Waals surface area contributed by atoms with E-state index in [2.05, 4.69) is 5.32 Å². The van der Waals surface area contributed by atoms with Crippen LogP contribution in [-0.2, 0) is 0 Å². The second-order valence-electron chi connectivity index (χ2n) is 5.60. The van der Waals surface area contributed by atoms with Crippen molar-refractivity contribution in [3.05, 3.63) is 38.9 Å². The quantitative estimate of drug-likeness (QED) is 0.670. The fraction of sp³-hybridized carbons (Fsp3) is 0.500. The molecule has 0 spiro atoms. The smallest absolute Gasteiger partial charge is 0.271 e. The number of halogens is 1. The molecule has 2 aliphatic heterocycles. The molecule has 3 rings (SSSR count). The van der Waals surface area contributed by atoms with Gasteiger partial charge < -0.3 is 10.2 Å². The average molecular weight is 310 g/mol. The zero-order valence-electron chi connectivity index (χ0n) is 11.4. The van der Waals surface area contributed by atoms with E-state index < -0.39 is 4.92 Å². The highest BCUT2D eigenvalue weighted by Crippen LogP contribution is 2.27. The first-order chi connectivity index (χ1) is 10.0. The summed E-state index contributed by atoms with van der Waals surface area (Å²) in [4.78, 5) is 24.7. The van der Waals surface area contributed by atoms with Gasteiger partial charge in [-0.3, -0.25) is 14.9 Å². The largest absolute Gasteiger partial charge is 0.338 e. The van der Waals surface area contributed by atoms with Crippen molar-refractivity contribution in [3.8, 4) is 0 Å². The molecule has 0 radical (unpaired) electrons. The Kier molecular flexibility index (Phi) is 3.82. The van der Waals surface area contributed by atoms with Crippen LogP contribution in [0.25, 0.3) is 0 Å². The second kappa shape index (κ2) is 5.61. The summed E-state index contributed by atoms with van der Waals surface area (Å²) in [5, 5.41) is 14.5. The zero-order chi connectivity index (χ0) is 15.0. The molecule has 2 aliphatic rings. The van der Waals surface area contributed by atoms with Gasteiger partial charge >= 0.3 is 0 Å². The summed E-state index contributed by atoms with van der Waals surface area (Å²) < 4.78 is 0. The Bertz CT molecular complexity index is 593. The molecule has 2 saturated heterocycles. The molecule has 6 nitrogen and oxygen atoms in total. The Morgan fingerprint density at radius 3 is 2.95 bits per heavy atom. The van der Waals surface area contributed by atoms with Gasteiger partial charge in [-0.15, -0.1) is 0 Å². The highest BCUT2D eigenvalue weighted by Gasteiger charge is 2.34.